The maximum atomic E-state index is 14.1. The molecule has 0 atom stereocenters. The van der Waals surface area contributed by atoms with E-state index in [1.165, 1.54) is 22.9 Å². The summed E-state index contributed by atoms with van der Waals surface area (Å²) >= 11 is 1.49. The van der Waals surface area contributed by atoms with Crippen molar-refractivity contribution in [2.24, 2.45) is 0 Å². The third-order valence-corrected chi connectivity index (χ3v) is 4.35. The van der Waals surface area contributed by atoms with E-state index < -0.39 is 0 Å². The van der Waals surface area contributed by atoms with Crippen LogP contribution in [-0.4, -0.2) is 6.54 Å². The summed E-state index contributed by atoms with van der Waals surface area (Å²) in [5.74, 6) is -0.148. The number of halogens is 1. The molecule has 2 aromatic carbocycles. The van der Waals surface area contributed by atoms with E-state index in [1.807, 2.05) is 19.1 Å². The molecule has 106 valence electrons. The third-order valence-electron chi connectivity index (χ3n) is 3.13. The highest BCUT2D eigenvalue weighted by molar-refractivity contribution is 7.99. The highest BCUT2D eigenvalue weighted by atomic mass is 32.2. The molecule has 1 nitrogen and oxygen atoms in total. The molecule has 0 saturated carbocycles. The summed E-state index contributed by atoms with van der Waals surface area (Å²) in [5, 5.41) is 3.20. The van der Waals surface area contributed by atoms with Crippen molar-refractivity contribution < 1.29 is 4.39 Å². The molecule has 0 aliphatic heterocycles. The molecule has 0 amide bonds. The quantitative estimate of drug-likeness (QED) is 0.856. The van der Waals surface area contributed by atoms with Crippen LogP contribution in [0, 0.1) is 19.7 Å². The van der Waals surface area contributed by atoms with E-state index in [4.69, 9.17) is 0 Å². The molecule has 0 unspecified atom stereocenters. The fourth-order valence-corrected chi connectivity index (χ4v) is 2.92. The minimum absolute atomic E-state index is 0.148. The second-order valence-corrected chi connectivity index (χ2v) is 6.00. The maximum absolute atomic E-state index is 14.1. The second-order valence-electron chi connectivity index (χ2n) is 4.92. The lowest BCUT2D eigenvalue weighted by Gasteiger charge is -2.09. The highest BCUT2D eigenvalue weighted by Gasteiger charge is 2.07. The topological polar surface area (TPSA) is 12.0 Å². The van der Waals surface area contributed by atoms with Crippen molar-refractivity contribution in [3.8, 4) is 0 Å². The molecule has 0 saturated heterocycles. The van der Waals surface area contributed by atoms with Gasteiger partial charge in [-0.15, -0.1) is 0 Å². The molecule has 1 N–H and O–H groups in total. The number of nitrogens with one attached hydrogen (secondary N) is 1. The van der Waals surface area contributed by atoms with Crippen LogP contribution in [0.3, 0.4) is 0 Å². The summed E-state index contributed by atoms with van der Waals surface area (Å²) < 4.78 is 14.1. The van der Waals surface area contributed by atoms with E-state index in [1.54, 1.807) is 6.07 Å². The highest BCUT2D eigenvalue weighted by Crippen LogP contribution is 2.32. The van der Waals surface area contributed by atoms with Gasteiger partial charge in [-0.2, -0.15) is 0 Å². The van der Waals surface area contributed by atoms with E-state index in [0.29, 0.717) is 11.4 Å². The minimum atomic E-state index is -0.148. The van der Waals surface area contributed by atoms with Gasteiger partial charge in [0.05, 0.1) is 0 Å². The number of hydrogen-bond donors (Lipinski definition) is 1. The molecule has 3 heteroatoms. The normalized spacial score (nSPS) is 10.8. The standard InChI is InChI=1S/C17H20FNS/c1-4-19-11-14-6-8-17(15(18)10-14)20-16-7-5-12(2)9-13(16)3/h5-10,19H,4,11H2,1-3H3. The number of hydrogen-bond acceptors (Lipinski definition) is 2. The van der Waals surface area contributed by atoms with Crippen LogP contribution in [0.5, 0.6) is 0 Å². The van der Waals surface area contributed by atoms with Gasteiger partial charge < -0.3 is 5.32 Å². The number of aryl methyl sites for hydroxylation is 2. The Hall–Kier alpha value is -1.32. The van der Waals surface area contributed by atoms with Gasteiger partial charge in [0.25, 0.3) is 0 Å². The zero-order chi connectivity index (χ0) is 14.5. The van der Waals surface area contributed by atoms with Gasteiger partial charge in [0, 0.05) is 16.3 Å². The molecule has 0 fully saturated rings. The molecule has 0 aromatic heterocycles. The summed E-state index contributed by atoms with van der Waals surface area (Å²) in [6.45, 7) is 7.77. The summed E-state index contributed by atoms with van der Waals surface area (Å²) in [6, 6.07) is 11.7. The van der Waals surface area contributed by atoms with Crippen LogP contribution in [0.1, 0.15) is 23.6 Å². The monoisotopic (exact) mass is 289 g/mol. The average Bonchev–Trinajstić information content (AvgIpc) is 2.42. The van der Waals surface area contributed by atoms with E-state index >= 15 is 0 Å². The Bertz CT molecular complexity index is 596. The van der Waals surface area contributed by atoms with Gasteiger partial charge in [0.2, 0.25) is 0 Å². The Morgan fingerprint density at radius 1 is 1.05 bits per heavy atom. The molecule has 0 spiro atoms. The maximum Gasteiger partial charge on any atom is 0.137 e. The lowest BCUT2D eigenvalue weighted by atomic mass is 10.2. The second kappa shape index (κ2) is 6.91. The fourth-order valence-electron chi connectivity index (χ4n) is 2.04. The Kier molecular flexibility index (Phi) is 5.21. The van der Waals surface area contributed by atoms with E-state index in [9.17, 15) is 4.39 Å². The summed E-state index contributed by atoms with van der Waals surface area (Å²) in [4.78, 5) is 1.78. The molecule has 0 heterocycles. The van der Waals surface area contributed by atoms with Crippen molar-refractivity contribution in [1.29, 1.82) is 0 Å². The SMILES string of the molecule is CCNCc1ccc(Sc2ccc(C)cc2C)c(F)c1. The van der Waals surface area contributed by atoms with Crippen LogP contribution in [0.25, 0.3) is 0 Å². The Labute approximate surface area is 124 Å². The summed E-state index contributed by atoms with van der Waals surface area (Å²) in [6.07, 6.45) is 0. The largest absolute Gasteiger partial charge is 0.313 e. The summed E-state index contributed by atoms with van der Waals surface area (Å²) in [5.41, 5.74) is 3.40. The molecular weight excluding hydrogens is 269 g/mol. The molecular formula is C17H20FNS. The predicted octanol–water partition coefficient (Wildman–Crippen LogP) is 4.70. The number of rotatable bonds is 5. The van der Waals surface area contributed by atoms with Crippen LogP contribution in [-0.2, 0) is 6.54 Å². The van der Waals surface area contributed by atoms with E-state index in [0.717, 1.165) is 17.0 Å². The first kappa shape index (κ1) is 15.1. The van der Waals surface area contributed by atoms with E-state index in [2.05, 4.69) is 37.4 Å². The van der Waals surface area contributed by atoms with Crippen LogP contribution in [0.15, 0.2) is 46.2 Å². The van der Waals surface area contributed by atoms with Crippen molar-refractivity contribution in [3.05, 3.63) is 58.9 Å². The van der Waals surface area contributed by atoms with Crippen molar-refractivity contribution in [2.45, 2.75) is 37.1 Å². The summed E-state index contributed by atoms with van der Waals surface area (Å²) in [7, 11) is 0. The van der Waals surface area contributed by atoms with Gasteiger partial charge in [-0.3, -0.25) is 0 Å². The molecule has 0 bridgehead atoms. The fraction of sp³-hybridized carbons (Fsp3) is 0.294. The van der Waals surface area contributed by atoms with E-state index in [-0.39, 0.29) is 5.82 Å². The Morgan fingerprint density at radius 3 is 2.45 bits per heavy atom. The average molecular weight is 289 g/mol. The van der Waals surface area contributed by atoms with Gasteiger partial charge in [-0.05, 0) is 49.7 Å². The van der Waals surface area contributed by atoms with Crippen LogP contribution in [0.4, 0.5) is 4.39 Å². The van der Waals surface area contributed by atoms with Crippen LogP contribution < -0.4 is 5.32 Å². The predicted molar refractivity (Wildman–Crippen MR) is 83.8 cm³/mol. The smallest absolute Gasteiger partial charge is 0.137 e. The molecule has 2 aromatic rings. The van der Waals surface area contributed by atoms with Crippen LogP contribution >= 0.6 is 11.8 Å². The van der Waals surface area contributed by atoms with Crippen molar-refractivity contribution in [2.75, 3.05) is 6.54 Å². The van der Waals surface area contributed by atoms with Gasteiger partial charge >= 0.3 is 0 Å². The Morgan fingerprint density at radius 2 is 1.80 bits per heavy atom. The molecule has 2 rings (SSSR count). The molecule has 20 heavy (non-hydrogen) atoms. The molecule has 0 radical (unpaired) electrons. The first-order valence-electron chi connectivity index (χ1n) is 6.84. The minimum Gasteiger partial charge on any atom is -0.313 e. The lowest BCUT2D eigenvalue weighted by Crippen LogP contribution is -2.11. The van der Waals surface area contributed by atoms with Gasteiger partial charge in [-0.25, -0.2) is 4.39 Å². The zero-order valence-electron chi connectivity index (χ0n) is 12.2. The molecule has 0 aliphatic rings. The Balaban J connectivity index is 2.17. The van der Waals surface area contributed by atoms with Crippen molar-refractivity contribution in [3.63, 3.8) is 0 Å². The van der Waals surface area contributed by atoms with Gasteiger partial charge in [0.15, 0.2) is 0 Å². The first-order chi connectivity index (χ1) is 9.60. The number of benzene rings is 2. The molecule has 0 aliphatic carbocycles. The van der Waals surface area contributed by atoms with Crippen LogP contribution in [0.2, 0.25) is 0 Å². The van der Waals surface area contributed by atoms with Gasteiger partial charge in [0.1, 0.15) is 5.82 Å². The zero-order valence-corrected chi connectivity index (χ0v) is 13.0. The van der Waals surface area contributed by atoms with Crippen molar-refractivity contribution >= 4 is 11.8 Å². The lowest BCUT2D eigenvalue weighted by molar-refractivity contribution is 0.596. The first-order valence-corrected chi connectivity index (χ1v) is 7.66. The van der Waals surface area contributed by atoms with Gasteiger partial charge in [-0.1, -0.05) is 42.4 Å². The third kappa shape index (κ3) is 3.84. The van der Waals surface area contributed by atoms with Crippen molar-refractivity contribution in [1.82, 2.24) is 5.32 Å².